The molecule has 2 saturated heterocycles. The molecule has 3 aliphatic heterocycles. The Kier molecular flexibility index (Phi) is 9.40. The summed E-state index contributed by atoms with van der Waals surface area (Å²) in [5, 5.41) is 12.9. The molecule has 2 aromatic heterocycles. The fourth-order valence-corrected chi connectivity index (χ4v) is 9.63. The van der Waals surface area contributed by atoms with Crippen molar-refractivity contribution in [3.63, 3.8) is 0 Å². The second kappa shape index (κ2) is 14.0. The van der Waals surface area contributed by atoms with E-state index < -0.39 is 34.8 Å². The molecule has 2 N–H and O–H groups in total. The van der Waals surface area contributed by atoms with Crippen LogP contribution in [0.1, 0.15) is 85.8 Å². The predicted octanol–water partition coefficient (Wildman–Crippen LogP) is 6.00. The zero-order valence-corrected chi connectivity index (χ0v) is 29.6. The smallest absolute Gasteiger partial charge is 0.434 e. The Morgan fingerprint density at radius 1 is 1.02 bits per heavy atom. The van der Waals surface area contributed by atoms with Gasteiger partial charge in [0.1, 0.15) is 17.4 Å². The van der Waals surface area contributed by atoms with Gasteiger partial charge in [-0.15, -0.1) is 0 Å². The largest absolute Gasteiger partial charge is 0.490 e. The highest BCUT2D eigenvalue weighted by Crippen LogP contribution is 2.51. The number of carbonyl (C=O) groups is 2. The lowest BCUT2D eigenvalue weighted by Crippen LogP contribution is -2.57. The van der Waals surface area contributed by atoms with E-state index in [1.54, 1.807) is 23.4 Å². The number of ether oxygens (including phenoxy) is 2. The summed E-state index contributed by atoms with van der Waals surface area (Å²) in [7, 11) is 0. The molecule has 0 spiro atoms. The third-order valence-electron chi connectivity index (χ3n) is 12.1. The summed E-state index contributed by atoms with van der Waals surface area (Å²) in [5.74, 6) is -0.933. The van der Waals surface area contributed by atoms with Crippen molar-refractivity contribution in [3.05, 3.63) is 59.7 Å². The van der Waals surface area contributed by atoms with Crippen LogP contribution in [-0.4, -0.2) is 81.4 Å². The number of carboxylic acids is 1. The number of halogens is 3. The van der Waals surface area contributed by atoms with E-state index in [0.29, 0.717) is 50.0 Å². The number of carboxylic acid groups (broad SMARTS) is 1. The molecule has 5 aliphatic rings. The number of amides is 1. The van der Waals surface area contributed by atoms with Crippen molar-refractivity contribution < 1.29 is 37.3 Å². The average molecular weight is 736 g/mol. The van der Waals surface area contributed by atoms with Crippen LogP contribution in [0.4, 0.5) is 30.8 Å². The van der Waals surface area contributed by atoms with E-state index in [2.05, 4.69) is 30.2 Å². The van der Waals surface area contributed by atoms with Crippen LogP contribution >= 0.6 is 0 Å². The molecule has 2 bridgehead atoms. The van der Waals surface area contributed by atoms with Crippen LogP contribution in [0, 0.1) is 23.7 Å². The molecule has 2 aliphatic carbocycles. The molecule has 12 nitrogen and oxygen atoms in total. The molecule has 8 rings (SSSR count). The van der Waals surface area contributed by atoms with Gasteiger partial charge in [0.25, 0.3) is 5.91 Å². The lowest BCUT2D eigenvalue weighted by molar-refractivity contribution is -0.146. The second-order valence-corrected chi connectivity index (χ2v) is 15.5. The Hall–Kier alpha value is -4.53. The van der Waals surface area contributed by atoms with E-state index in [-0.39, 0.29) is 48.1 Å². The van der Waals surface area contributed by atoms with Crippen molar-refractivity contribution >= 4 is 29.5 Å². The number of carbonyl (C=O) groups excluding carboxylic acids is 1. The van der Waals surface area contributed by atoms with Crippen molar-refractivity contribution in [1.29, 1.82) is 0 Å². The van der Waals surface area contributed by atoms with Crippen LogP contribution in [-0.2, 0) is 15.7 Å². The molecule has 4 fully saturated rings. The maximum atomic E-state index is 14.7. The van der Waals surface area contributed by atoms with Gasteiger partial charge in [-0.2, -0.15) is 13.2 Å². The van der Waals surface area contributed by atoms with Crippen molar-refractivity contribution in [2.75, 3.05) is 42.6 Å². The third kappa shape index (κ3) is 6.88. The van der Waals surface area contributed by atoms with E-state index in [1.807, 2.05) is 25.1 Å². The second-order valence-electron chi connectivity index (χ2n) is 15.5. The molecular weight excluding hydrogens is 691 g/mol. The van der Waals surface area contributed by atoms with Crippen molar-refractivity contribution in [1.82, 2.24) is 25.3 Å². The van der Waals surface area contributed by atoms with E-state index in [9.17, 15) is 27.9 Å². The molecular formula is C38H44F3N7O5. The zero-order valence-electron chi connectivity index (χ0n) is 29.6. The summed E-state index contributed by atoms with van der Waals surface area (Å²) in [6.07, 6.45) is 4.75. The number of alkyl halides is 3. The number of fused-ring (bicyclic) bond motifs is 3. The number of nitrogens with zero attached hydrogens (tertiary/aromatic N) is 6. The predicted molar refractivity (Wildman–Crippen MR) is 187 cm³/mol. The Morgan fingerprint density at radius 2 is 1.77 bits per heavy atom. The van der Waals surface area contributed by atoms with E-state index in [4.69, 9.17) is 9.47 Å². The van der Waals surface area contributed by atoms with Gasteiger partial charge in [-0.25, -0.2) is 24.7 Å². The molecule has 1 aromatic carbocycles. The van der Waals surface area contributed by atoms with Crippen LogP contribution in [0.25, 0.3) is 0 Å². The molecule has 1 amide bonds. The zero-order chi connectivity index (χ0) is 36.9. The number of rotatable bonds is 8. The van der Waals surface area contributed by atoms with Crippen LogP contribution in [0.2, 0.25) is 0 Å². The van der Waals surface area contributed by atoms with Crippen molar-refractivity contribution in [2.45, 2.75) is 82.0 Å². The number of aromatic nitrogens is 4. The van der Waals surface area contributed by atoms with Gasteiger partial charge in [-0.3, -0.25) is 4.79 Å². The lowest BCUT2D eigenvalue weighted by atomic mass is 9.78. The highest BCUT2D eigenvalue weighted by molar-refractivity contribution is 5.99. The summed E-state index contributed by atoms with van der Waals surface area (Å²) >= 11 is 0. The monoisotopic (exact) mass is 735 g/mol. The minimum atomic E-state index is -5.00. The van der Waals surface area contributed by atoms with Crippen LogP contribution in [0.3, 0.4) is 0 Å². The number of aliphatic carboxylic acids is 1. The Morgan fingerprint density at radius 3 is 2.49 bits per heavy atom. The number of hydrogen-bond acceptors (Lipinski definition) is 10. The van der Waals surface area contributed by atoms with Gasteiger partial charge in [0, 0.05) is 75.9 Å². The summed E-state index contributed by atoms with van der Waals surface area (Å²) < 4.78 is 56.3. The van der Waals surface area contributed by atoms with E-state index in [1.165, 1.54) is 0 Å². The SMILES string of the molecule is CC1CC2CC(C1)C(NC(=O)c1cnc(N3CC(C4CCOCC4)c4cc(OC5CCN(c6ncccn6)CC5)ccc43)nc1C(F)(F)F)(C(=O)O)C2. The highest BCUT2D eigenvalue weighted by Gasteiger charge is 2.56. The summed E-state index contributed by atoms with van der Waals surface area (Å²) in [6.45, 7) is 5.10. The van der Waals surface area contributed by atoms with E-state index in [0.717, 1.165) is 57.0 Å². The fourth-order valence-electron chi connectivity index (χ4n) is 9.63. The van der Waals surface area contributed by atoms with Crippen LogP contribution in [0.15, 0.2) is 42.9 Å². The molecule has 3 aromatic rings. The lowest BCUT2D eigenvalue weighted by Gasteiger charge is -2.33. The summed E-state index contributed by atoms with van der Waals surface area (Å²) in [5.41, 5.74) is -2.17. The molecule has 282 valence electrons. The summed E-state index contributed by atoms with van der Waals surface area (Å²) in [4.78, 5) is 47.1. The van der Waals surface area contributed by atoms with E-state index >= 15 is 0 Å². The van der Waals surface area contributed by atoms with Crippen LogP contribution in [0.5, 0.6) is 5.75 Å². The maximum absolute atomic E-state index is 14.7. The first kappa shape index (κ1) is 35.5. The highest BCUT2D eigenvalue weighted by atomic mass is 19.4. The number of hydrogen-bond donors (Lipinski definition) is 2. The molecule has 5 atom stereocenters. The van der Waals surface area contributed by atoms with Crippen LogP contribution < -0.4 is 19.9 Å². The number of nitrogens with one attached hydrogen (secondary N) is 1. The number of anilines is 3. The van der Waals surface area contributed by atoms with Crippen molar-refractivity contribution in [2.24, 2.45) is 23.7 Å². The standard InChI is InChI=1S/C38H44F3N7O5/c1-22-15-23-17-25(16-22)37(19-23,34(50)51)46-33(49)29-20-44-36(45-32(29)38(39,40)41)48-21-30(24-7-13-52-14-8-24)28-18-27(3-4-31(28)48)53-26-5-11-47(12-6-26)35-42-9-2-10-43-35/h2-4,9-10,18,20,22-26,30H,5-8,11-17,19,21H2,1H3,(H,46,49)(H,50,51). The third-order valence-corrected chi connectivity index (χ3v) is 12.1. The van der Waals surface area contributed by atoms with Gasteiger partial charge in [0.15, 0.2) is 5.69 Å². The number of piperidine rings is 1. The minimum Gasteiger partial charge on any atom is -0.490 e. The Labute approximate surface area is 305 Å². The number of benzene rings is 1. The first-order valence-electron chi connectivity index (χ1n) is 18.7. The molecule has 0 radical (unpaired) electrons. The minimum absolute atomic E-state index is 0.0177. The molecule has 5 unspecified atom stereocenters. The van der Waals surface area contributed by atoms with Gasteiger partial charge < -0.3 is 29.7 Å². The van der Waals surface area contributed by atoms with Gasteiger partial charge >= 0.3 is 12.1 Å². The van der Waals surface area contributed by atoms with Gasteiger partial charge in [-0.05, 0) is 92.0 Å². The quantitative estimate of drug-likeness (QED) is 0.281. The normalized spacial score (nSPS) is 27.8. The average Bonchev–Trinajstić information content (AvgIpc) is 3.66. The maximum Gasteiger partial charge on any atom is 0.434 e. The van der Waals surface area contributed by atoms with Crippen molar-refractivity contribution in [3.8, 4) is 5.75 Å². The van der Waals surface area contributed by atoms with Gasteiger partial charge in [-0.1, -0.05) is 6.92 Å². The summed E-state index contributed by atoms with van der Waals surface area (Å²) in [6, 6.07) is 7.47. The topological polar surface area (TPSA) is 143 Å². The Balaban J connectivity index is 1.06. The molecule has 5 heterocycles. The van der Waals surface area contributed by atoms with Gasteiger partial charge in [0.2, 0.25) is 11.9 Å². The van der Waals surface area contributed by atoms with Gasteiger partial charge in [0.05, 0.1) is 5.56 Å². The molecule has 15 heteroatoms. The fraction of sp³-hybridized carbons (Fsp3) is 0.579. The Bertz CT molecular complexity index is 1840. The molecule has 53 heavy (non-hydrogen) atoms. The first-order chi connectivity index (χ1) is 25.5. The molecule has 2 saturated carbocycles. The first-order valence-corrected chi connectivity index (χ1v) is 18.7.